The van der Waals surface area contributed by atoms with E-state index in [0.29, 0.717) is 0 Å². The molecule has 0 heterocycles. The molecule has 0 radical (unpaired) electrons. The Hall–Kier alpha value is 1.93. The van der Waals surface area contributed by atoms with Gasteiger partial charge in [-0.05, 0) is 0 Å². The molecule has 0 aliphatic carbocycles. The quantitative estimate of drug-likeness (QED) is 0.345. The summed E-state index contributed by atoms with van der Waals surface area (Å²) in [5.41, 5.74) is 0. The van der Waals surface area contributed by atoms with Crippen molar-refractivity contribution in [2.24, 2.45) is 0 Å². The smallest absolute Gasteiger partial charge is 0.748 e. The van der Waals surface area contributed by atoms with Crippen LogP contribution in [0.1, 0.15) is 0 Å². The summed E-state index contributed by atoms with van der Waals surface area (Å²) in [5.74, 6) is -2.53. The zero-order valence-electron chi connectivity index (χ0n) is 9.41. The maximum absolute atomic E-state index is 10.8. The Bertz CT molecular complexity index is 362. The molecule has 13 heteroatoms. The van der Waals surface area contributed by atoms with E-state index in [1.165, 1.54) is 0 Å². The molecule has 0 aromatic rings. The van der Waals surface area contributed by atoms with E-state index in [0.717, 1.165) is 0 Å². The van der Waals surface area contributed by atoms with Gasteiger partial charge in [0.2, 0.25) is 0 Å². The third kappa shape index (κ3) is 23.4. The summed E-state index contributed by atoms with van der Waals surface area (Å²) >= 11 is 0. The van der Waals surface area contributed by atoms with Gasteiger partial charge in [0, 0.05) is 33.8 Å². The van der Waals surface area contributed by atoms with Crippen molar-refractivity contribution in [2.45, 2.75) is 0 Å². The molecule has 0 aromatic carbocycles. The molecule has 94 valence electrons. The molecule has 8 nitrogen and oxygen atoms in total. The van der Waals surface area contributed by atoms with Gasteiger partial charge in [-0.3, -0.25) is 4.21 Å². The predicted molar refractivity (Wildman–Crippen MR) is 50.6 cm³/mol. The Morgan fingerprint density at radius 1 is 0.824 bits per heavy atom. The van der Waals surface area contributed by atoms with Crippen molar-refractivity contribution in [3.8, 4) is 0 Å². The molecule has 0 aliphatic heterocycles. The van der Waals surface area contributed by atoms with Crippen molar-refractivity contribution >= 4 is 31.0 Å². The van der Waals surface area contributed by atoms with Crippen LogP contribution in [0, 0.1) is 0 Å². The van der Waals surface area contributed by atoms with Gasteiger partial charge in [0.25, 0.3) is 0 Å². The maximum atomic E-state index is 10.8. The normalized spacial score (nSPS) is 11.0. The maximum Gasteiger partial charge on any atom is 1.00 e. The van der Waals surface area contributed by atoms with Gasteiger partial charge in [0.15, 0.2) is 0 Å². The first-order chi connectivity index (χ1) is 6.10. The molecule has 0 unspecified atom stereocenters. The van der Waals surface area contributed by atoms with E-state index in [1.807, 2.05) is 0 Å². The van der Waals surface area contributed by atoms with Gasteiger partial charge in [-0.15, -0.1) is 0 Å². The zero-order chi connectivity index (χ0) is 11.4. The van der Waals surface area contributed by atoms with Crippen molar-refractivity contribution in [2.75, 3.05) is 23.0 Å². The summed E-state index contributed by atoms with van der Waals surface area (Å²) in [6, 6.07) is 0. The number of rotatable bonds is 6. The van der Waals surface area contributed by atoms with Crippen LogP contribution in [0.25, 0.3) is 0 Å². The Morgan fingerprint density at radius 3 is 1.24 bits per heavy atom. The van der Waals surface area contributed by atoms with Gasteiger partial charge in [-0.1, -0.05) is 0 Å². The van der Waals surface area contributed by atoms with Crippen LogP contribution in [0.15, 0.2) is 0 Å². The second kappa shape index (κ2) is 11.7. The van der Waals surface area contributed by atoms with Crippen molar-refractivity contribution in [3.05, 3.63) is 0 Å². The monoisotopic (exact) mass is 328 g/mol. The standard InChI is InChI=1S/C4H10O7S3.2Na.H2O/c5-12(1-3-13(6,7)8)2-4-14(9,10)11;;;/h1-4H2,(H,6,7,8)(H,9,10,11);;;1H2/q;2*+1;/p-2. The molecular weight excluding hydrogens is 318 g/mol. The average Bonchev–Trinajstić information content (AvgIpc) is 1.94. The molecular formula is C4H10Na2O8S3. The fraction of sp³-hybridized carbons (Fsp3) is 1.00. The molecule has 17 heavy (non-hydrogen) atoms. The molecule has 0 saturated carbocycles. The molecule has 0 saturated heterocycles. The third-order valence-electron chi connectivity index (χ3n) is 1.12. The summed E-state index contributed by atoms with van der Waals surface area (Å²) < 4.78 is 71.2. The van der Waals surface area contributed by atoms with E-state index in [-0.39, 0.29) is 64.6 Å². The van der Waals surface area contributed by atoms with Gasteiger partial charge in [0.05, 0.1) is 20.2 Å². The van der Waals surface area contributed by atoms with Crippen LogP contribution < -0.4 is 59.1 Å². The SMILES string of the molecule is O.O=S(CCS(=O)(=O)[O-])CCS(=O)(=O)[O-].[Na+].[Na+]. The second-order valence-electron chi connectivity index (χ2n) is 2.37. The molecule has 0 spiro atoms. The second-order valence-corrected chi connectivity index (χ2v) is 7.12. The Balaban J connectivity index is -0.000000282. The molecule has 0 amide bonds. The minimum absolute atomic E-state index is 0. The minimum atomic E-state index is -4.44. The zero-order valence-corrected chi connectivity index (χ0v) is 15.9. The fourth-order valence-corrected chi connectivity index (χ4v) is 3.82. The van der Waals surface area contributed by atoms with Crippen LogP contribution in [0.4, 0.5) is 0 Å². The Morgan fingerprint density at radius 2 is 1.06 bits per heavy atom. The first kappa shape index (κ1) is 27.3. The van der Waals surface area contributed by atoms with E-state index in [9.17, 15) is 30.1 Å². The summed E-state index contributed by atoms with van der Waals surface area (Å²) in [5, 5.41) is 0. The van der Waals surface area contributed by atoms with Gasteiger partial charge >= 0.3 is 59.1 Å². The number of hydrogen-bond donors (Lipinski definition) is 0. The minimum Gasteiger partial charge on any atom is -0.748 e. The summed E-state index contributed by atoms with van der Waals surface area (Å²) in [6.45, 7) is 0. The van der Waals surface area contributed by atoms with Crippen LogP contribution >= 0.6 is 0 Å². The van der Waals surface area contributed by atoms with Crippen LogP contribution in [-0.4, -0.2) is 58.6 Å². The molecule has 0 aliphatic rings. The molecule has 0 fully saturated rings. The van der Waals surface area contributed by atoms with Gasteiger partial charge in [-0.25, -0.2) is 16.8 Å². The third-order valence-corrected chi connectivity index (χ3v) is 4.37. The predicted octanol–water partition coefficient (Wildman–Crippen LogP) is -8.99. The Labute approximate surface area is 147 Å². The van der Waals surface area contributed by atoms with Crippen LogP contribution in [0.2, 0.25) is 0 Å². The molecule has 0 rings (SSSR count). The van der Waals surface area contributed by atoms with E-state index in [1.54, 1.807) is 0 Å². The largest absolute Gasteiger partial charge is 1.00 e. The Kier molecular flexibility index (Phi) is 18.8. The molecule has 0 atom stereocenters. The van der Waals surface area contributed by atoms with Crippen molar-refractivity contribution in [3.63, 3.8) is 0 Å². The first-order valence-electron chi connectivity index (χ1n) is 3.32. The van der Waals surface area contributed by atoms with E-state index in [2.05, 4.69) is 0 Å². The van der Waals surface area contributed by atoms with Crippen LogP contribution in [-0.2, 0) is 31.0 Å². The molecule has 0 bridgehead atoms. The van der Waals surface area contributed by atoms with E-state index in [4.69, 9.17) is 0 Å². The van der Waals surface area contributed by atoms with Gasteiger partial charge in [0.1, 0.15) is 0 Å². The number of hydrogen-bond acceptors (Lipinski definition) is 7. The average molecular weight is 328 g/mol. The summed E-state index contributed by atoms with van der Waals surface area (Å²) in [4.78, 5) is 0. The van der Waals surface area contributed by atoms with Gasteiger partial charge < -0.3 is 14.6 Å². The van der Waals surface area contributed by atoms with Gasteiger partial charge in [-0.2, -0.15) is 0 Å². The topological polar surface area (TPSA) is 163 Å². The van der Waals surface area contributed by atoms with E-state index < -0.39 is 54.0 Å². The molecule has 0 aromatic heterocycles. The van der Waals surface area contributed by atoms with Crippen LogP contribution in [0.3, 0.4) is 0 Å². The summed E-state index contributed by atoms with van der Waals surface area (Å²) in [7, 11) is -10.7. The first-order valence-corrected chi connectivity index (χ1v) is 7.96. The fourth-order valence-electron chi connectivity index (χ4n) is 0.492. The van der Waals surface area contributed by atoms with Crippen LogP contribution in [0.5, 0.6) is 0 Å². The summed E-state index contributed by atoms with van der Waals surface area (Å²) in [6.07, 6.45) is 0. The van der Waals surface area contributed by atoms with Crippen molar-refractivity contribution in [1.82, 2.24) is 0 Å². The van der Waals surface area contributed by atoms with Crippen molar-refractivity contribution in [1.29, 1.82) is 0 Å². The van der Waals surface area contributed by atoms with Crippen molar-refractivity contribution < 1.29 is 94.7 Å². The molecule has 2 N–H and O–H groups in total. The van der Waals surface area contributed by atoms with E-state index >= 15 is 0 Å².